The Hall–Kier alpha value is -3.06. The van der Waals surface area contributed by atoms with Crippen LogP contribution in [0, 0.1) is 0 Å². The SMILES string of the molecule is CCCc1nnc(-c2ccc(OCC(=O)Nc3cc(Cl)ccc3OC)cc2)o1. The molecule has 0 aliphatic rings. The molecule has 2 aromatic carbocycles. The van der Waals surface area contributed by atoms with E-state index in [-0.39, 0.29) is 12.5 Å². The number of nitrogens with zero attached hydrogens (tertiary/aromatic N) is 2. The predicted molar refractivity (Wildman–Crippen MR) is 106 cm³/mol. The molecule has 0 bridgehead atoms. The van der Waals surface area contributed by atoms with Gasteiger partial charge < -0.3 is 19.2 Å². The smallest absolute Gasteiger partial charge is 0.262 e. The van der Waals surface area contributed by atoms with Crippen molar-refractivity contribution in [3.05, 3.63) is 53.4 Å². The summed E-state index contributed by atoms with van der Waals surface area (Å²) < 4.78 is 16.3. The number of benzene rings is 2. The maximum Gasteiger partial charge on any atom is 0.262 e. The van der Waals surface area contributed by atoms with E-state index in [4.69, 9.17) is 25.5 Å². The van der Waals surface area contributed by atoms with Gasteiger partial charge in [-0.15, -0.1) is 10.2 Å². The third-order valence-corrected chi connectivity index (χ3v) is 4.07. The molecular formula is C20H20ClN3O4. The van der Waals surface area contributed by atoms with Gasteiger partial charge in [0.25, 0.3) is 5.91 Å². The summed E-state index contributed by atoms with van der Waals surface area (Å²) in [5.41, 5.74) is 1.27. The van der Waals surface area contributed by atoms with Crippen molar-refractivity contribution < 1.29 is 18.7 Å². The van der Waals surface area contributed by atoms with Crippen LogP contribution in [0.2, 0.25) is 5.02 Å². The second kappa shape index (κ2) is 9.23. The van der Waals surface area contributed by atoms with Crippen LogP contribution in [-0.2, 0) is 11.2 Å². The highest BCUT2D eigenvalue weighted by atomic mass is 35.5. The van der Waals surface area contributed by atoms with E-state index in [9.17, 15) is 4.79 Å². The maximum atomic E-state index is 12.1. The quantitative estimate of drug-likeness (QED) is 0.603. The van der Waals surface area contributed by atoms with Crippen molar-refractivity contribution in [1.29, 1.82) is 0 Å². The largest absolute Gasteiger partial charge is 0.495 e. The molecule has 0 saturated heterocycles. The van der Waals surface area contributed by atoms with Crippen molar-refractivity contribution in [2.45, 2.75) is 19.8 Å². The molecule has 0 aliphatic carbocycles. The number of ether oxygens (including phenoxy) is 2. The Morgan fingerprint density at radius 1 is 1.18 bits per heavy atom. The molecule has 3 rings (SSSR count). The zero-order chi connectivity index (χ0) is 19.9. The third-order valence-electron chi connectivity index (χ3n) is 3.84. The zero-order valence-corrected chi connectivity index (χ0v) is 16.3. The number of anilines is 1. The standard InChI is InChI=1S/C20H20ClN3O4/c1-3-4-19-23-24-20(28-19)13-5-8-15(9-6-13)27-12-18(25)22-16-11-14(21)7-10-17(16)26-2/h5-11H,3-4,12H2,1-2H3,(H,22,25). The van der Waals surface area contributed by atoms with Gasteiger partial charge in [0.2, 0.25) is 11.8 Å². The van der Waals surface area contributed by atoms with Gasteiger partial charge in [-0.1, -0.05) is 18.5 Å². The molecule has 0 spiro atoms. The summed E-state index contributed by atoms with van der Waals surface area (Å²) in [6, 6.07) is 12.1. The van der Waals surface area contributed by atoms with Crippen molar-refractivity contribution in [2.75, 3.05) is 19.0 Å². The van der Waals surface area contributed by atoms with Gasteiger partial charge in [-0.25, -0.2) is 0 Å². The summed E-state index contributed by atoms with van der Waals surface area (Å²) in [5, 5.41) is 11.3. The summed E-state index contributed by atoms with van der Waals surface area (Å²) in [5.74, 6) is 1.81. The highest BCUT2D eigenvalue weighted by Crippen LogP contribution is 2.27. The lowest BCUT2D eigenvalue weighted by Gasteiger charge is -2.11. The number of rotatable bonds is 8. The van der Waals surface area contributed by atoms with Crippen LogP contribution >= 0.6 is 11.6 Å². The van der Waals surface area contributed by atoms with Crippen LogP contribution in [-0.4, -0.2) is 29.8 Å². The fraction of sp³-hybridized carbons (Fsp3) is 0.250. The highest BCUT2D eigenvalue weighted by Gasteiger charge is 2.11. The lowest BCUT2D eigenvalue weighted by Crippen LogP contribution is -2.20. The Morgan fingerprint density at radius 2 is 1.96 bits per heavy atom. The molecule has 0 fully saturated rings. The third kappa shape index (κ3) is 5.01. The molecule has 28 heavy (non-hydrogen) atoms. The maximum absolute atomic E-state index is 12.1. The Morgan fingerprint density at radius 3 is 2.68 bits per heavy atom. The van der Waals surface area contributed by atoms with Gasteiger partial charge in [-0.05, 0) is 48.9 Å². The summed E-state index contributed by atoms with van der Waals surface area (Å²) in [7, 11) is 1.52. The van der Waals surface area contributed by atoms with Gasteiger partial charge in [0.05, 0.1) is 12.8 Å². The molecule has 8 heteroatoms. The van der Waals surface area contributed by atoms with Crippen LogP contribution in [0.15, 0.2) is 46.9 Å². The Kier molecular flexibility index (Phi) is 6.49. The molecule has 7 nitrogen and oxygen atoms in total. The van der Waals surface area contributed by atoms with E-state index in [1.807, 2.05) is 0 Å². The van der Waals surface area contributed by atoms with E-state index in [2.05, 4.69) is 22.4 Å². The number of aryl methyl sites for hydroxylation is 1. The Bertz CT molecular complexity index is 941. The van der Waals surface area contributed by atoms with Gasteiger partial charge in [0.1, 0.15) is 11.5 Å². The first-order valence-electron chi connectivity index (χ1n) is 8.78. The molecule has 0 aliphatic heterocycles. The summed E-state index contributed by atoms with van der Waals surface area (Å²) in [4.78, 5) is 12.1. The Balaban J connectivity index is 1.57. The second-order valence-corrected chi connectivity index (χ2v) is 6.39. The molecule has 1 aromatic heterocycles. The van der Waals surface area contributed by atoms with Crippen LogP contribution < -0.4 is 14.8 Å². The van der Waals surface area contributed by atoms with Crippen LogP contribution in [0.4, 0.5) is 5.69 Å². The molecule has 1 N–H and O–H groups in total. The molecular weight excluding hydrogens is 382 g/mol. The van der Waals surface area contributed by atoms with Crippen molar-refractivity contribution in [3.8, 4) is 23.0 Å². The monoisotopic (exact) mass is 401 g/mol. The number of carbonyl (C=O) groups excluding carboxylic acids is 1. The van der Waals surface area contributed by atoms with Gasteiger partial charge in [-0.3, -0.25) is 4.79 Å². The number of hydrogen-bond donors (Lipinski definition) is 1. The fourth-order valence-electron chi connectivity index (χ4n) is 2.49. The summed E-state index contributed by atoms with van der Waals surface area (Å²) in [6.45, 7) is 1.89. The lowest BCUT2D eigenvalue weighted by molar-refractivity contribution is -0.118. The molecule has 0 saturated carbocycles. The minimum absolute atomic E-state index is 0.157. The minimum Gasteiger partial charge on any atom is -0.495 e. The van der Waals surface area contributed by atoms with E-state index < -0.39 is 0 Å². The predicted octanol–water partition coefficient (Wildman–Crippen LogP) is 4.37. The molecule has 3 aromatic rings. The molecule has 146 valence electrons. The summed E-state index contributed by atoms with van der Waals surface area (Å²) in [6.07, 6.45) is 1.69. The average Bonchev–Trinajstić information content (AvgIpc) is 3.16. The van der Waals surface area contributed by atoms with Crippen molar-refractivity contribution >= 4 is 23.2 Å². The minimum atomic E-state index is -0.328. The van der Waals surface area contributed by atoms with Crippen LogP contribution in [0.3, 0.4) is 0 Å². The average molecular weight is 402 g/mol. The number of methoxy groups -OCH3 is 1. The topological polar surface area (TPSA) is 86.5 Å². The molecule has 0 atom stereocenters. The van der Waals surface area contributed by atoms with Crippen LogP contribution in [0.5, 0.6) is 11.5 Å². The molecule has 0 unspecified atom stereocenters. The number of halogens is 1. The molecule has 1 amide bonds. The molecule has 0 radical (unpaired) electrons. The zero-order valence-electron chi connectivity index (χ0n) is 15.6. The number of amides is 1. The van der Waals surface area contributed by atoms with Gasteiger partial charge in [0, 0.05) is 17.0 Å². The van der Waals surface area contributed by atoms with Crippen molar-refractivity contribution in [1.82, 2.24) is 10.2 Å². The summed E-state index contributed by atoms with van der Waals surface area (Å²) >= 11 is 5.96. The van der Waals surface area contributed by atoms with Gasteiger partial charge in [-0.2, -0.15) is 0 Å². The molecule has 1 heterocycles. The number of nitrogens with one attached hydrogen (secondary N) is 1. The van der Waals surface area contributed by atoms with Crippen molar-refractivity contribution in [2.24, 2.45) is 0 Å². The van der Waals surface area contributed by atoms with E-state index in [1.54, 1.807) is 42.5 Å². The first kappa shape index (κ1) is 19.7. The van der Waals surface area contributed by atoms with Gasteiger partial charge >= 0.3 is 0 Å². The van der Waals surface area contributed by atoms with Crippen LogP contribution in [0.25, 0.3) is 11.5 Å². The van der Waals surface area contributed by atoms with E-state index in [0.29, 0.717) is 34.0 Å². The number of carbonyl (C=O) groups is 1. The normalized spacial score (nSPS) is 10.5. The first-order valence-corrected chi connectivity index (χ1v) is 9.16. The van der Waals surface area contributed by atoms with Crippen molar-refractivity contribution in [3.63, 3.8) is 0 Å². The van der Waals surface area contributed by atoms with E-state index >= 15 is 0 Å². The first-order chi connectivity index (χ1) is 13.6. The fourth-order valence-corrected chi connectivity index (χ4v) is 2.66. The lowest BCUT2D eigenvalue weighted by atomic mass is 10.2. The van der Waals surface area contributed by atoms with E-state index in [0.717, 1.165) is 18.4 Å². The number of hydrogen-bond acceptors (Lipinski definition) is 6. The number of aromatic nitrogens is 2. The van der Waals surface area contributed by atoms with Crippen LogP contribution in [0.1, 0.15) is 19.2 Å². The van der Waals surface area contributed by atoms with Gasteiger partial charge in [0.15, 0.2) is 6.61 Å². The Labute approximate surface area is 167 Å². The second-order valence-electron chi connectivity index (χ2n) is 5.96. The van der Waals surface area contributed by atoms with E-state index in [1.165, 1.54) is 7.11 Å². The highest BCUT2D eigenvalue weighted by molar-refractivity contribution is 6.31.